The molecule has 7 heteroatoms. The van der Waals surface area contributed by atoms with E-state index in [1.165, 1.54) is 11.3 Å². The molecule has 3 rings (SSSR count). The van der Waals surface area contributed by atoms with E-state index < -0.39 is 0 Å². The van der Waals surface area contributed by atoms with Crippen LogP contribution in [0.1, 0.15) is 5.82 Å². The summed E-state index contributed by atoms with van der Waals surface area (Å²) in [5, 5.41) is 4.53. The third kappa shape index (κ3) is 2.94. The molecule has 2 heterocycles. The molecule has 0 aliphatic rings. The predicted molar refractivity (Wildman–Crippen MR) is 75.8 cm³/mol. The standard InChI is InChI=1S/C12H10N4OS2/c13-12-14-6-10(19-12)18-7-9-15-11(17-16-9)8-4-2-1-3-5-8/h1-6H,7H2,(H2,13,14). The highest BCUT2D eigenvalue weighted by atomic mass is 32.2. The van der Waals surface area contributed by atoms with Crippen molar-refractivity contribution < 1.29 is 4.52 Å². The molecule has 0 bridgehead atoms. The van der Waals surface area contributed by atoms with E-state index in [1.54, 1.807) is 18.0 Å². The Hall–Kier alpha value is -1.86. The maximum absolute atomic E-state index is 5.57. The fourth-order valence-electron chi connectivity index (χ4n) is 1.49. The first-order chi connectivity index (χ1) is 9.31. The number of nitrogen functional groups attached to an aromatic ring is 1. The highest BCUT2D eigenvalue weighted by molar-refractivity contribution is 8.00. The molecule has 0 saturated heterocycles. The Labute approximate surface area is 117 Å². The maximum atomic E-state index is 5.57. The Kier molecular flexibility index (Phi) is 3.47. The van der Waals surface area contributed by atoms with Crippen LogP contribution in [0.4, 0.5) is 5.13 Å². The Bertz CT molecular complexity index is 665. The number of benzene rings is 1. The monoisotopic (exact) mass is 290 g/mol. The summed E-state index contributed by atoms with van der Waals surface area (Å²) in [6, 6.07) is 9.70. The summed E-state index contributed by atoms with van der Waals surface area (Å²) in [7, 11) is 0. The first-order valence-electron chi connectivity index (χ1n) is 5.53. The van der Waals surface area contributed by atoms with Crippen molar-refractivity contribution in [3.8, 4) is 11.5 Å². The van der Waals surface area contributed by atoms with Crippen molar-refractivity contribution in [3.05, 3.63) is 42.4 Å². The molecule has 0 radical (unpaired) electrons. The lowest BCUT2D eigenvalue weighted by Crippen LogP contribution is -1.83. The zero-order chi connectivity index (χ0) is 13.1. The molecule has 0 unspecified atom stereocenters. The van der Waals surface area contributed by atoms with Crippen LogP contribution in [0.3, 0.4) is 0 Å². The van der Waals surface area contributed by atoms with E-state index in [-0.39, 0.29) is 0 Å². The van der Waals surface area contributed by atoms with E-state index in [4.69, 9.17) is 10.3 Å². The van der Waals surface area contributed by atoms with Gasteiger partial charge in [0.25, 0.3) is 5.89 Å². The van der Waals surface area contributed by atoms with Crippen LogP contribution in [-0.2, 0) is 5.75 Å². The van der Waals surface area contributed by atoms with Crippen molar-refractivity contribution in [1.82, 2.24) is 15.1 Å². The Morgan fingerprint density at radius 3 is 2.84 bits per heavy atom. The number of nitrogens with zero attached hydrogens (tertiary/aromatic N) is 3. The molecule has 0 atom stereocenters. The van der Waals surface area contributed by atoms with Crippen LogP contribution in [0, 0.1) is 0 Å². The van der Waals surface area contributed by atoms with Crippen LogP contribution in [0.25, 0.3) is 11.5 Å². The van der Waals surface area contributed by atoms with Gasteiger partial charge < -0.3 is 10.3 Å². The van der Waals surface area contributed by atoms with E-state index >= 15 is 0 Å². The number of anilines is 1. The summed E-state index contributed by atoms with van der Waals surface area (Å²) in [6.07, 6.45) is 1.75. The Morgan fingerprint density at radius 2 is 2.11 bits per heavy atom. The SMILES string of the molecule is Nc1ncc(SCc2noc(-c3ccccc3)n2)s1. The zero-order valence-electron chi connectivity index (χ0n) is 9.81. The second kappa shape index (κ2) is 5.41. The van der Waals surface area contributed by atoms with Crippen molar-refractivity contribution in [3.63, 3.8) is 0 Å². The molecule has 0 spiro atoms. The van der Waals surface area contributed by atoms with Gasteiger partial charge in [-0.1, -0.05) is 34.7 Å². The van der Waals surface area contributed by atoms with Crippen LogP contribution in [0.5, 0.6) is 0 Å². The van der Waals surface area contributed by atoms with Crippen LogP contribution >= 0.6 is 23.1 Å². The molecular weight excluding hydrogens is 280 g/mol. The van der Waals surface area contributed by atoms with E-state index in [9.17, 15) is 0 Å². The average molecular weight is 290 g/mol. The van der Waals surface area contributed by atoms with Gasteiger partial charge in [0.2, 0.25) is 0 Å². The molecule has 19 heavy (non-hydrogen) atoms. The number of nitrogens with two attached hydrogens (primary N) is 1. The number of rotatable bonds is 4. The normalized spacial score (nSPS) is 10.7. The summed E-state index contributed by atoms with van der Waals surface area (Å²) in [4.78, 5) is 8.35. The minimum Gasteiger partial charge on any atom is -0.375 e. The highest BCUT2D eigenvalue weighted by Gasteiger charge is 2.09. The van der Waals surface area contributed by atoms with E-state index in [1.807, 2.05) is 30.3 Å². The molecule has 2 aromatic heterocycles. The van der Waals surface area contributed by atoms with Gasteiger partial charge in [0.05, 0.1) is 16.2 Å². The van der Waals surface area contributed by atoms with E-state index in [0.717, 1.165) is 9.77 Å². The first kappa shape index (κ1) is 12.2. The lowest BCUT2D eigenvalue weighted by atomic mass is 10.2. The molecule has 0 aliphatic carbocycles. The fourth-order valence-corrected chi connectivity index (χ4v) is 3.09. The van der Waals surface area contributed by atoms with Gasteiger partial charge in [0.1, 0.15) is 0 Å². The van der Waals surface area contributed by atoms with Crippen LogP contribution in [0.15, 0.2) is 45.3 Å². The number of thiazole rings is 1. The molecule has 0 fully saturated rings. The Balaban J connectivity index is 1.68. The first-order valence-corrected chi connectivity index (χ1v) is 7.33. The number of hydrogen-bond acceptors (Lipinski definition) is 7. The van der Waals surface area contributed by atoms with Crippen molar-refractivity contribution >= 4 is 28.2 Å². The van der Waals surface area contributed by atoms with Gasteiger partial charge >= 0.3 is 0 Å². The molecule has 3 aromatic rings. The molecule has 5 nitrogen and oxygen atoms in total. The van der Waals surface area contributed by atoms with Crippen LogP contribution < -0.4 is 5.73 Å². The number of thioether (sulfide) groups is 1. The smallest absolute Gasteiger partial charge is 0.257 e. The molecule has 0 aliphatic heterocycles. The van der Waals surface area contributed by atoms with E-state index in [2.05, 4.69) is 15.1 Å². The number of aromatic nitrogens is 3. The van der Waals surface area contributed by atoms with Crippen molar-refractivity contribution in [2.45, 2.75) is 9.96 Å². The summed E-state index contributed by atoms with van der Waals surface area (Å²) in [5.74, 6) is 1.84. The fraction of sp³-hybridized carbons (Fsp3) is 0.0833. The van der Waals surface area contributed by atoms with Gasteiger partial charge in [0.15, 0.2) is 11.0 Å². The molecule has 0 saturated carbocycles. The maximum Gasteiger partial charge on any atom is 0.257 e. The van der Waals surface area contributed by atoms with E-state index in [0.29, 0.717) is 22.6 Å². The van der Waals surface area contributed by atoms with Gasteiger partial charge in [-0.05, 0) is 12.1 Å². The third-order valence-corrected chi connectivity index (χ3v) is 4.35. The third-order valence-electron chi connectivity index (χ3n) is 2.33. The quantitative estimate of drug-likeness (QED) is 0.744. The van der Waals surface area contributed by atoms with Crippen molar-refractivity contribution in [2.24, 2.45) is 0 Å². The average Bonchev–Trinajstić information content (AvgIpc) is 3.06. The summed E-state index contributed by atoms with van der Waals surface area (Å²) in [6.45, 7) is 0. The number of hydrogen-bond donors (Lipinski definition) is 1. The van der Waals surface area contributed by atoms with Crippen molar-refractivity contribution in [2.75, 3.05) is 5.73 Å². The summed E-state index contributed by atoms with van der Waals surface area (Å²) < 4.78 is 6.28. The minimum atomic E-state index is 0.542. The Morgan fingerprint density at radius 1 is 1.26 bits per heavy atom. The van der Waals surface area contributed by atoms with Gasteiger partial charge in [-0.25, -0.2) is 4.98 Å². The minimum absolute atomic E-state index is 0.542. The topological polar surface area (TPSA) is 77.8 Å². The lowest BCUT2D eigenvalue weighted by Gasteiger charge is -1.91. The molecule has 96 valence electrons. The molecular formula is C12H10N4OS2. The second-order valence-electron chi connectivity index (χ2n) is 3.69. The summed E-state index contributed by atoms with van der Waals surface area (Å²) in [5.41, 5.74) is 6.50. The summed E-state index contributed by atoms with van der Waals surface area (Å²) >= 11 is 3.05. The van der Waals surface area contributed by atoms with Gasteiger partial charge in [-0.2, -0.15) is 4.98 Å². The van der Waals surface area contributed by atoms with Gasteiger partial charge in [-0.3, -0.25) is 0 Å². The van der Waals surface area contributed by atoms with Crippen molar-refractivity contribution in [1.29, 1.82) is 0 Å². The highest BCUT2D eigenvalue weighted by Crippen LogP contribution is 2.29. The van der Waals surface area contributed by atoms with Gasteiger partial charge in [-0.15, -0.1) is 11.8 Å². The molecule has 0 amide bonds. The molecule has 1 aromatic carbocycles. The molecule has 2 N–H and O–H groups in total. The van der Waals surface area contributed by atoms with Crippen LogP contribution in [-0.4, -0.2) is 15.1 Å². The van der Waals surface area contributed by atoms with Crippen LogP contribution in [0.2, 0.25) is 0 Å². The van der Waals surface area contributed by atoms with Gasteiger partial charge in [0, 0.05) is 5.56 Å². The lowest BCUT2D eigenvalue weighted by molar-refractivity contribution is 0.425. The zero-order valence-corrected chi connectivity index (χ0v) is 11.4. The predicted octanol–water partition coefficient (Wildman–Crippen LogP) is 3.07. The largest absolute Gasteiger partial charge is 0.375 e. The second-order valence-corrected chi connectivity index (χ2v) is 6.03.